The third-order valence-corrected chi connectivity index (χ3v) is 5.72. The van der Waals surface area contributed by atoms with Crippen molar-refractivity contribution in [1.82, 2.24) is 14.8 Å². The van der Waals surface area contributed by atoms with E-state index in [1.165, 1.54) is 23.5 Å². The van der Waals surface area contributed by atoms with E-state index in [0.29, 0.717) is 17.5 Å². The molecule has 3 heterocycles. The number of fused-ring (bicyclic) bond motifs is 1. The fourth-order valence-corrected chi connectivity index (χ4v) is 4.43. The number of likely N-dealkylation sites (tertiary alicyclic amines) is 2. The summed E-state index contributed by atoms with van der Waals surface area (Å²) in [4.78, 5) is 21.0. The molecule has 4 nitrogen and oxygen atoms in total. The summed E-state index contributed by atoms with van der Waals surface area (Å²) < 4.78 is 13.0. The molecule has 126 valence electrons. The van der Waals surface area contributed by atoms with Crippen LogP contribution in [0.5, 0.6) is 0 Å². The van der Waals surface area contributed by atoms with Crippen molar-refractivity contribution in [1.29, 1.82) is 0 Å². The molecule has 0 radical (unpaired) electrons. The van der Waals surface area contributed by atoms with Crippen LogP contribution in [0.15, 0.2) is 35.2 Å². The fraction of sp³-hybridized carbons (Fsp3) is 0.444. The molecule has 0 bridgehead atoms. The van der Waals surface area contributed by atoms with Crippen LogP contribution >= 0.6 is 11.3 Å². The highest BCUT2D eigenvalue weighted by Crippen LogP contribution is 2.32. The molecule has 0 saturated carbocycles. The summed E-state index contributed by atoms with van der Waals surface area (Å²) in [6, 6.07) is 6.75. The van der Waals surface area contributed by atoms with Gasteiger partial charge >= 0.3 is 0 Å². The first-order valence-corrected chi connectivity index (χ1v) is 9.27. The van der Waals surface area contributed by atoms with Crippen LogP contribution in [0.4, 0.5) is 4.39 Å². The van der Waals surface area contributed by atoms with E-state index >= 15 is 0 Å². The average molecular weight is 345 g/mol. The van der Waals surface area contributed by atoms with E-state index in [1.54, 1.807) is 5.51 Å². The van der Waals surface area contributed by atoms with Crippen LogP contribution in [0.3, 0.4) is 0 Å². The number of benzene rings is 1. The predicted octanol–water partition coefficient (Wildman–Crippen LogP) is 2.88. The lowest BCUT2D eigenvalue weighted by atomic mass is 9.88. The molecule has 0 spiro atoms. The molecule has 24 heavy (non-hydrogen) atoms. The van der Waals surface area contributed by atoms with E-state index in [9.17, 15) is 9.18 Å². The van der Waals surface area contributed by atoms with Gasteiger partial charge in [-0.25, -0.2) is 9.37 Å². The number of aromatic nitrogens is 1. The number of halogens is 1. The summed E-state index contributed by atoms with van der Waals surface area (Å²) in [5.74, 6) is 1.06. The Morgan fingerprint density at radius 1 is 1.21 bits per heavy atom. The molecular weight excluding hydrogens is 325 g/mol. The third-order valence-electron chi connectivity index (χ3n) is 5.13. The Kier molecular flexibility index (Phi) is 4.33. The third kappa shape index (κ3) is 3.21. The minimum absolute atomic E-state index is 0.0617. The molecule has 0 aliphatic carbocycles. The monoisotopic (exact) mass is 345 g/mol. The zero-order valence-corrected chi connectivity index (χ0v) is 14.2. The van der Waals surface area contributed by atoms with Crippen molar-refractivity contribution in [2.45, 2.75) is 13.0 Å². The van der Waals surface area contributed by atoms with Crippen LogP contribution in [0, 0.1) is 17.7 Å². The number of carbonyl (C=O) groups excluding carboxylic acids is 1. The second kappa shape index (κ2) is 6.61. The predicted molar refractivity (Wildman–Crippen MR) is 91.3 cm³/mol. The van der Waals surface area contributed by atoms with E-state index in [2.05, 4.69) is 9.88 Å². The van der Waals surface area contributed by atoms with E-state index < -0.39 is 0 Å². The molecule has 2 aromatic rings. The van der Waals surface area contributed by atoms with E-state index in [-0.39, 0.29) is 11.7 Å². The van der Waals surface area contributed by atoms with Gasteiger partial charge < -0.3 is 4.90 Å². The van der Waals surface area contributed by atoms with Crippen molar-refractivity contribution in [2.24, 2.45) is 11.8 Å². The van der Waals surface area contributed by atoms with Crippen LogP contribution in [0.1, 0.15) is 22.5 Å². The van der Waals surface area contributed by atoms with Gasteiger partial charge in [0.05, 0.1) is 5.51 Å². The van der Waals surface area contributed by atoms with Gasteiger partial charge in [0.2, 0.25) is 0 Å². The Labute approximate surface area is 144 Å². The maximum Gasteiger partial charge on any atom is 0.273 e. The first-order valence-electron chi connectivity index (χ1n) is 8.33. The van der Waals surface area contributed by atoms with Gasteiger partial charge in [-0.3, -0.25) is 9.69 Å². The van der Waals surface area contributed by atoms with Gasteiger partial charge in [-0.1, -0.05) is 12.1 Å². The number of rotatable bonds is 3. The molecule has 0 unspecified atom stereocenters. The number of nitrogens with zero attached hydrogens (tertiary/aromatic N) is 3. The number of hydrogen-bond donors (Lipinski definition) is 0. The van der Waals surface area contributed by atoms with Gasteiger partial charge in [-0.2, -0.15) is 0 Å². The smallest absolute Gasteiger partial charge is 0.273 e. The van der Waals surface area contributed by atoms with Crippen LogP contribution < -0.4 is 0 Å². The molecule has 6 heteroatoms. The number of amides is 1. The van der Waals surface area contributed by atoms with Crippen LogP contribution in [-0.2, 0) is 6.54 Å². The molecule has 4 rings (SSSR count). The maximum atomic E-state index is 13.0. The molecule has 2 atom stereocenters. The molecule has 2 fully saturated rings. The highest BCUT2D eigenvalue weighted by atomic mass is 32.1. The largest absolute Gasteiger partial charge is 0.337 e. The van der Waals surface area contributed by atoms with Crippen molar-refractivity contribution >= 4 is 17.2 Å². The highest BCUT2D eigenvalue weighted by molar-refractivity contribution is 7.07. The maximum absolute atomic E-state index is 13.0. The molecule has 2 aliphatic heterocycles. The normalized spacial score (nSPS) is 24.1. The van der Waals surface area contributed by atoms with Gasteiger partial charge in [-0.15, -0.1) is 11.3 Å². The highest BCUT2D eigenvalue weighted by Gasteiger charge is 2.38. The van der Waals surface area contributed by atoms with Crippen molar-refractivity contribution in [3.63, 3.8) is 0 Å². The first kappa shape index (κ1) is 15.7. The molecule has 2 saturated heterocycles. The number of carbonyl (C=O) groups is 1. The summed E-state index contributed by atoms with van der Waals surface area (Å²) in [5.41, 5.74) is 3.42. The minimum atomic E-state index is -0.190. The van der Waals surface area contributed by atoms with Gasteiger partial charge in [-0.05, 0) is 36.0 Å². The second-order valence-electron chi connectivity index (χ2n) is 6.75. The molecule has 1 amide bonds. The lowest BCUT2D eigenvalue weighted by Gasteiger charge is -2.34. The van der Waals surface area contributed by atoms with Crippen LogP contribution in [0.2, 0.25) is 0 Å². The summed E-state index contributed by atoms with van der Waals surface area (Å²) in [5, 5.41) is 1.82. The summed E-state index contributed by atoms with van der Waals surface area (Å²) in [6.07, 6.45) is 1.06. The van der Waals surface area contributed by atoms with Gasteiger partial charge in [0.25, 0.3) is 5.91 Å². The lowest BCUT2D eigenvalue weighted by molar-refractivity contribution is 0.0637. The van der Waals surface area contributed by atoms with Gasteiger partial charge in [0, 0.05) is 38.1 Å². The molecule has 1 aromatic carbocycles. The molecule has 2 aliphatic rings. The van der Waals surface area contributed by atoms with E-state index in [4.69, 9.17) is 0 Å². The van der Waals surface area contributed by atoms with E-state index in [1.807, 2.05) is 22.4 Å². The van der Waals surface area contributed by atoms with Crippen molar-refractivity contribution in [3.05, 3.63) is 52.2 Å². The van der Waals surface area contributed by atoms with Gasteiger partial charge in [0.15, 0.2) is 0 Å². The number of piperidine rings is 1. The zero-order valence-electron chi connectivity index (χ0n) is 13.4. The number of thiazole rings is 1. The molecule has 0 N–H and O–H groups in total. The first-order chi connectivity index (χ1) is 11.7. The van der Waals surface area contributed by atoms with Crippen LogP contribution in [-0.4, -0.2) is 46.9 Å². The number of hydrogen-bond acceptors (Lipinski definition) is 4. The van der Waals surface area contributed by atoms with Gasteiger partial charge in [0.1, 0.15) is 11.5 Å². The zero-order chi connectivity index (χ0) is 16.5. The molecule has 1 aromatic heterocycles. The van der Waals surface area contributed by atoms with Crippen molar-refractivity contribution < 1.29 is 9.18 Å². The van der Waals surface area contributed by atoms with Crippen LogP contribution in [0.25, 0.3) is 0 Å². The van der Waals surface area contributed by atoms with E-state index in [0.717, 1.165) is 44.7 Å². The summed E-state index contributed by atoms with van der Waals surface area (Å²) in [6.45, 7) is 4.57. The SMILES string of the molecule is O=C(c1cscn1)N1CC[C@H]2CN(Cc3ccc(F)cc3)C[C@H]2C1. The molecular formula is C18H20FN3OS. The van der Waals surface area contributed by atoms with Crippen molar-refractivity contribution in [2.75, 3.05) is 26.2 Å². The summed E-state index contributed by atoms with van der Waals surface area (Å²) in [7, 11) is 0. The lowest BCUT2D eigenvalue weighted by Crippen LogP contribution is -2.43. The Morgan fingerprint density at radius 3 is 2.75 bits per heavy atom. The minimum Gasteiger partial charge on any atom is -0.337 e. The Hall–Kier alpha value is -1.79. The Morgan fingerprint density at radius 2 is 2.00 bits per heavy atom. The Bertz CT molecular complexity index is 704. The Balaban J connectivity index is 1.37. The second-order valence-corrected chi connectivity index (χ2v) is 7.47. The summed E-state index contributed by atoms with van der Waals surface area (Å²) >= 11 is 1.46. The fourth-order valence-electron chi connectivity index (χ4n) is 3.91. The average Bonchev–Trinajstić information content (AvgIpc) is 3.24. The topological polar surface area (TPSA) is 36.4 Å². The van der Waals surface area contributed by atoms with Crippen molar-refractivity contribution in [3.8, 4) is 0 Å². The standard InChI is InChI=1S/C18H20FN3OS/c19-16-3-1-13(2-4-16)7-21-8-14-5-6-22(10-15(14)9-21)18(23)17-11-24-12-20-17/h1-4,11-12,14-15H,5-10H2/t14-,15-/m0/s1. The quantitative estimate of drug-likeness (QED) is 0.858.